The summed E-state index contributed by atoms with van der Waals surface area (Å²) in [7, 11) is -2.25. The Morgan fingerprint density at radius 1 is 0.938 bits per heavy atom. The molecule has 0 saturated carbocycles. The molecule has 24 heteroatoms. The van der Waals surface area contributed by atoms with Crippen LogP contribution in [0.1, 0.15) is 52.5 Å². The first-order valence-corrected chi connectivity index (χ1v) is 22.9. The Morgan fingerprint density at radius 3 is 2.29 bits per heavy atom. The lowest BCUT2D eigenvalue weighted by molar-refractivity contribution is -0.143. The molecule has 1 aromatic carbocycles. The molecule has 2 aromatic rings. The van der Waals surface area contributed by atoms with E-state index < -0.39 is 157 Å². The van der Waals surface area contributed by atoms with Gasteiger partial charge in [0.05, 0.1) is 73.0 Å². The Kier molecular flexibility index (Phi) is 17.4. The van der Waals surface area contributed by atoms with Gasteiger partial charge >= 0.3 is 0 Å². The predicted octanol–water partition coefficient (Wildman–Crippen LogP) is -4.75. The monoisotopic (exact) mass is 932 g/mol. The number of aliphatic hydroxyl groups is 3. The lowest BCUT2D eigenvalue weighted by atomic mass is 9.94. The van der Waals surface area contributed by atoms with Crippen molar-refractivity contribution in [3.8, 4) is 5.75 Å². The van der Waals surface area contributed by atoms with E-state index in [1.165, 1.54) is 6.92 Å². The fourth-order valence-corrected chi connectivity index (χ4v) is 9.41. The molecule has 65 heavy (non-hydrogen) atoms. The van der Waals surface area contributed by atoms with Crippen LogP contribution in [0.15, 0.2) is 23.2 Å². The molecule has 8 amide bonds. The van der Waals surface area contributed by atoms with Crippen molar-refractivity contribution in [2.45, 2.75) is 107 Å². The molecule has 11 atom stereocenters. The molecule has 3 aliphatic heterocycles. The maximum absolute atomic E-state index is 14.7. The smallest absolute Gasteiger partial charge is 0.246 e. The zero-order valence-corrected chi connectivity index (χ0v) is 37.5. The highest BCUT2D eigenvalue weighted by Crippen LogP contribution is 2.30. The van der Waals surface area contributed by atoms with E-state index in [-0.39, 0.29) is 24.4 Å². The number of hydrogen-bond acceptors (Lipinski definition) is 14. The predicted molar refractivity (Wildman–Crippen MR) is 232 cm³/mol. The number of aliphatic hydroxyl groups excluding tert-OH is 3. The molecule has 5 rings (SSSR count). The summed E-state index contributed by atoms with van der Waals surface area (Å²) in [5.74, 6) is -8.77. The molecular weight excluding hydrogens is 873 g/mol. The van der Waals surface area contributed by atoms with Crippen molar-refractivity contribution < 1.29 is 62.6 Å². The van der Waals surface area contributed by atoms with Crippen LogP contribution in [0, 0.1) is 11.8 Å². The van der Waals surface area contributed by atoms with Gasteiger partial charge in [-0.3, -0.25) is 42.6 Å². The van der Waals surface area contributed by atoms with Gasteiger partial charge in [0, 0.05) is 49.3 Å². The SMILES string of the molecule is CCOc1ccc2c3c([nH]c2c1)S(=O)C[C@@H]1NC(=O)CNC(=O)[C@H]([C@@H](C)CC)NC(=O)CNC(=O)[C@H](C3)NC[C@H]([C@@H](C)[C@@H](O)CO)NC(=O)[C@@H]2C[C@@H](O)CN2C(=O)[C@H](CC(N)=O)NC1=O. The molecular formula is C41H60N10O13S. The number of primary amides is 1. The number of nitrogens with one attached hydrogen (secondary N) is 8. The molecule has 0 radical (unpaired) electrons. The van der Waals surface area contributed by atoms with Gasteiger partial charge in [0.15, 0.2) is 0 Å². The number of nitrogens with two attached hydrogens (primary N) is 1. The van der Waals surface area contributed by atoms with E-state index in [9.17, 15) is 57.9 Å². The van der Waals surface area contributed by atoms with Crippen LogP contribution < -0.4 is 47.7 Å². The number of amides is 8. The summed E-state index contributed by atoms with van der Waals surface area (Å²) in [4.78, 5) is 114. The molecule has 1 unspecified atom stereocenters. The Hall–Kier alpha value is -5.69. The lowest BCUT2D eigenvalue weighted by Crippen LogP contribution is -2.61. The minimum atomic E-state index is -2.25. The highest BCUT2D eigenvalue weighted by molar-refractivity contribution is 7.85. The first-order chi connectivity index (χ1) is 30.8. The van der Waals surface area contributed by atoms with E-state index in [2.05, 4.69) is 42.2 Å². The van der Waals surface area contributed by atoms with Crippen LogP contribution in [0.2, 0.25) is 0 Å². The maximum Gasteiger partial charge on any atom is 0.246 e. The Balaban J connectivity index is 1.72. The number of hydrogen-bond donors (Lipinski definition) is 12. The Bertz CT molecular complexity index is 2150. The van der Waals surface area contributed by atoms with Crippen molar-refractivity contribution in [3.63, 3.8) is 0 Å². The number of carbonyl (C=O) groups is 8. The average Bonchev–Trinajstić information content (AvgIpc) is 3.84. The second-order valence-corrected chi connectivity index (χ2v) is 18.0. The quantitative estimate of drug-likeness (QED) is 0.112. The summed E-state index contributed by atoms with van der Waals surface area (Å²) < 4.78 is 20.4. The van der Waals surface area contributed by atoms with E-state index in [1.54, 1.807) is 39.0 Å². The van der Waals surface area contributed by atoms with Gasteiger partial charge in [0.1, 0.15) is 34.9 Å². The first-order valence-electron chi connectivity index (χ1n) is 21.5. The maximum atomic E-state index is 14.7. The number of carbonyl (C=O) groups excluding carboxylic acids is 8. The third kappa shape index (κ3) is 12.6. The van der Waals surface area contributed by atoms with Crippen LogP contribution in [-0.2, 0) is 55.6 Å². The van der Waals surface area contributed by atoms with Crippen LogP contribution in [0.5, 0.6) is 5.75 Å². The van der Waals surface area contributed by atoms with E-state index >= 15 is 0 Å². The van der Waals surface area contributed by atoms with Crippen LogP contribution >= 0.6 is 0 Å². The third-order valence-corrected chi connectivity index (χ3v) is 13.4. The van der Waals surface area contributed by atoms with Gasteiger partial charge in [0.25, 0.3) is 0 Å². The van der Waals surface area contributed by atoms with Gasteiger partial charge in [-0.15, -0.1) is 0 Å². The Labute approximate surface area is 376 Å². The molecule has 358 valence electrons. The van der Waals surface area contributed by atoms with Crippen molar-refractivity contribution in [1.29, 1.82) is 0 Å². The molecule has 4 heterocycles. The van der Waals surface area contributed by atoms with Crippen molar-refractivity contribution in [2.75, 3.05) is 45.1 Å². The zero-order valence-electron chi connectivity index (χ0n) is 36.6. The topological polar surface area (TPSA) is 353 Å². The molecule has 1 aromatic heterocycles. The molecule has 0 spiro atoms. The van der Waals surface area contributed by atoms with Crippen LogP contribution in [0.4, 0.5) is 0 Å². The second kappa shape index (κ2) is 22.5. The summed E-state index contributed by atoms with van der Waals surface area (Å²) in [6, 6.07) is -3.49. The Morgan fingerprint density at radius 2 is 1.63 bits per heavy atom. The van der Waals surface area contributed by atoms with Gasteiger partial charge in [-0.25, -0.2) is 0 Å². The molecule has 13 N–H and O–H groups in total. The van der Waals surface area contributed by atoms with Gasteiger partial charge in [-0.05, 0) is 30.5 Å². The van der Waals surface area contributed by atoms with E-state index in [0.29, 0.717) is 35.2 Å². The number of aromatic nitrogens is 1. The van der Waals surface area contributed by atoms with Crippen molar-refractivity contribution in [3.05, 3.63) is 23.8 Å². The van der Waals surface area contributed by atoms with E-state index in [0.717, 1.165) is 4.90 Å². The number of ether oxygens (including phenoxy) is 1. The fourth-order valence-electron chi connectivity index (χ4n) is 8.01. The highest BCUT2D eigenvalue weighted by atomic mass is 32.2. The number of fused-ring (bicyclic) bond motifs is 5. The number of aromatic amines is 1. The van der Waals surface area contributed by atoms with Gasteiger partial charge < -0.3 is 72.9 Å². The van der Waals surface area contributed by atoms with Gasteiger partial charge in [-0.2, -0.15) is 0 Å². The summed E-state index contributed by atoms with van der Waals surface area (Å²) >= 11 is 0. The van der Waals surface area contributed by atoms with E-state index in [4.69, 9.17) is 10.5 Å². The van der Waals surface area contributed by atoms with Crippen molar-refractivity contribution in [2.24, 2.45) is 17.6 Å². The fraction of sp³-hybridized carbons (Fsp3) is 0.610. The second-order valence-electron chi connectivity index (χ2n) is 16.6. The number of H-pyrrole nitrogens is 1. The van der Waals surface area contributed by atoms with Crippen LogP contribution in [-0.4, -0.2) is 170 Å². The minimum absolute atomic E-state index is 0.0116. The van der Waals surface area contributed by atoms with E-state index in [1.807, 2.05) is 0 Å². The largest absolute Gasteiger partial charge is 0.494 e. The summed E-state index contributed by atoms with van der Waals surface area (Å²) in [6.45, 7) is 4.33. The molecule has 1 saturated heterocycles. The molecule has 0 aliphatic carbocycles. The average molecular weight is 933 g/mol. The van der Waals surface area contributed by atoms with Crippen molar-refractivity contribution >= 4 is 69.0 Å². The van der Waals surface area contributed by atoms with Gasteiger partial charge in [0.2, 0.25) is 47.3 Å². The highest BCUT2D eigenvalue weighted by Gasteiger charge is 2.44. The summed E-state index contributed by atoms with van der Waals surface area (Å²) in [5, 5.41) is 50.4. The molecule has 23 nitrogen and oxygen atoms in total. The van der Waals surface area contributed by atoms with Crippen LogP contribution in [0.25, 0.3) is 10.9 Å². The normalized spacial score (nSPS) is 28.3. The molecule has 1 fully saturated rings. The number of nitrogens with zero attached hydrogens (tertiary/aromatic N) is 1. The molecule has 3 aliphatic rings. The number of rotatable bonds is 9. The molecule has 2 bridgehead atoms. The number of benzene rings is 1. The minimum Gasteiger partial charge on any atom is -0.494 e. The standard InChI is InChI=1S/C41H60N10O13S/c1-5-19(3)35-39(61)45-14-33(56)46-29-18-65(63)40-24(23-8-7-22(64-6-2)10-25(23)49-40)11-26(36(58)44-15-34(57)50-35)43-13-28(20(4)31(54)17-52)48-38(60)30-9-21(53)16-51(30)41(62)27(12-32(42)55)47-37(29)59/h7-8,10,19-21,26-31,35,43,49,52-54H,5-6,9,11-18H2,1-4H3,(H2,42,55)(H,44,58)(H,45,61)(H,46,56)(H,47,59)(H,48,60)(H,50,57)/t19-,20+,21+,26-,27-,28+,29-,30-,31-,35-,65?/m0/s1. The van der Waals surface area contributed by atoms with Crippen LogP contribution in [0.3, 0.4) is 0 Å². The first kappa shape index (κ1) is 50.3. The third-order valence-electron chi connectivity index (χ3n) is 12.0. The summed E-state index contributed by atoms with van der Waals surface area (Å²) in [5.41, 5.74) is 6.24. The summed E-state index contributed by atoms with van der Waals surface area (Å²) in [6.07, 6.45) is -3.56. The zero-order chi connectivity index (χ0) is 47.7. The lowest BCUT2D eigenvalue weighted by Gasteiger charge is -2.33. The van der Waals surface area contributed by atoms with Gasteiger partial charge in [-0.1, -0.05) is 27.2 Å². The van der Waals surface area contributed by atoms with Crippen molar-refractivity contribution in [1.82, 2.24) is 47.1 Å².